The number of aromatic amines is 1. The molecule has 10 nitrogen and oxygen atoms in total. The van der Waals surface area contributed by atoms with Crippen LogP contribution in [0.1, 0.15) is 41.6 Å². The van der Waals surface area contributed by atoms with Crippen molar-refractivity contribution in [2.24, 2.45) is 0 Å². The van der Waals surface area contributed by atoms with Gasteiger partial charge in [0.05, 0.1) is 20.5 Å². The number of rotatable bonds is 7. The molecule has 4 aromatic rings. The summed E-state index contributed by atoms with van der Waals surface area (Å²) in [5.41, 5.74) is 2.31. The highest BCUT2D eigenvalue weighted by Gasteiger charge is 2.30. The first-order chi connectivity index (χ1) is 18.7. The van der Waals surface area contributed by atoms with Crippen LogP contribution in [0.2, 0.25) is 10.0 Å². The lowest BCUT2D eigenvalue weighted by Gasteiger charge is -2.30. The van der Waals surface area contributed by atoms with Gasteiger partial charge in [0.2, 0.25) is 0 Å². The zero-order valence-corrected chi connectivity index (χ0v) is 22.5. The van der Waals surface area contributed by atoms with Crippen LogP contribution in [0, 0.1) is 0 Å². The van der Waals surface area contributed by atoms with Gasteiger partial charge in [-0.1, -0.05) is 29.3 Å². The first kappa shape index (κ1) is 26.7. The van der Waals surface area contributed by atoms with Crippen LogP contribution in [0.4, 0.5) is 0 Å². The standard InChI is InChI=1S/C26H21Cl2N5O5S/c27-16-9-14-12-33(25(36)17-10-13-3-1-6-29-22(13)31-17)7-5-15(14)21(28)20(16)24(35)32-18(26(37)38)11-30-23(34)19-4-2-8-39-19/h1-4,6,8-10,18H,5,7,11-12H2,(H,29,31)(H,30,34)(H,32,35)(H,37,38)/t18-/m0/s1. The van der Waals surface area contributed by atoms with Crippen LogP contribution < -0.4 is 10.6 Å². The summed E-state index contributed by atoms with van der Waals surface area (Å²) in [6, 6.07) is 8.85. The zero-order valence-electron chi connectivity index (χ0n) is 20.2. The number of carboxylic acids is 1. The first-order valence-electron chi connectivity index (χ1n) is 11.8. The number of nitrogens with zero attached hydrogens (tertiary/aromatic N) is 2. The summed E-state index contributed by atoms with van der Waals surface area (Å²) in [5, 5.41) is 17.2. The van der Waals surface area contributed by atoms with E-state index in [-0.39, 0.29) is 34.6 Å². The van der Waals surface area contributed by atoms with Crippen molar-refractivity contribution in [2.45, 2.75) is 19.0 Å². The summed E-state index contributed by atoms with van der Waals surface area (Å²) >= 11 is 14.3. The fraction of sp³-hybridized carbons (Fsp3) is 0.192. The fourth-order valence-corrected chi connectivity index (χ4v) is 5.80. The number of H-pyrrole nitrogens is 1. The Morgan fingerprint density at radius 1 is 1.15 bits per heavy atom. The predicted molar refractivity (Wildman–Crippen MR) is 147 cm³/mol. The van der Waals surface area contributed by atoms with Gasteiger partial charge in [-0.05, 0) is 53.3 Å². The molecule has 1 aliphatic rings. The molecular weight excluding hydrogens is 565 g/mol. The molecule has 4 heterocycles. The number of halogens is 2. The van der Waals surface area contributed by atoms with E-state index >= 15 is 0 Å². The van der Waals surface area contributed by atoms with Crippen LogP contribution in [0.5, 0.6) is 0 Å². The Labute approximate surface area is 235 Å². The quantitative estimate of drug-likeness (QED) is 0.260. The van der Waals surface area contributed by atoms with Gasteiger partial charge in [0.1, 0.15) is 17.4 Å². The molecule has 39 heavy (non-hydrogen) atoms. The van der Waals surface area contributed by atoms with Gasteiger partial charge in [-0.25, -0.2) is 9.78 Å². The normalized spacial score (nSPS) is 13.5. The van der Waals surface area contributed by atoms with E-state index in [1.165, 1.54) is 11.3 Å². The summed E-state index contributed by atoms with van der Waals surface area (Å²) in [6.45, 7) is 0.243. The molecule has 0 spiro atoms. The van der Waals surface area contributed by atoms with Crippen molar-refractivity contribution < 1.29 is 24.3 Å². The molecule has 1 aliphatic heterocycles. The molecule has 0 radical (unpaired) electrons. The number of benzene rings is 1. The topological polar surface area (TPSA) is 144 Å². The average molecular weight is 586 g/mol. The lowest BCUT2D eigenvalue weighted by atomic mass is 9.96. The molecule has 0 aliphatic carbocycles. The van der Waals surface area contributed by atoms with Crippen molar-refractivity contribution in [3.63, 3.8) is 0 Å². The summed E-state index contributed by atoms with van der Waals surface area (Å²) in [5.74, 6) is -2.77. The smallest absolute Gasteiger partial charge is 0.328 e. The minimum atomic E-state index is -1.41. The molecule has 5 rings (SSSR count). The molecule has 1 aromatic carbocycles. The van der Waals surface area contributed by atoms with Gasteiger partial charge >= 0.3 is 5.97 Å². The molecule has 3 aromatic heterocycles. The van der Waals surface area contributed by atoms with Gasteiger partial charge in [0.15, 0.2) is 0 Å². The van der Waals surface area contributed by atoms with Crippen LogP contribution in [-0.4, -0.2) is 62.8 Å². The minimum absolute atomic E-state index is 0.0205. The Morgan fingerprint density at radius 2 is 1.97 bits per heavy atom. The largest absolute Gasteiger partial charge is 0.480 e. The summed E-state index contributed by atoms with van der Waals surface area (Å²) in [7, 11) is 0. The minimum Gasteiger partial charge on any atom is -0.480 e. The number of pyridine rings is 1. The zero-order chi connectivity index (χ0) is 27.7. The molecule has 0 fully saturated rings. The van der Waals surface area contributed by atoms with Crippen LogP contribution in [0.3, 0.4) is 0 Å². The maximum atomic E-state index is 13.1. The third-order valence-corrected chi connectivity index (χ3v) is 7.94. The lowest BCUT2D eigenvalue weighted by Crippen LogP contribution is -2.48. The van der Waals surface area contributed by atoms with Gasteiger partial charge < -0.3 is 25.6 Å². The maximum Gasteiger partial charge on any atom is 0.328 e. The molecule has 4 N–H and O–H groups in total. The molecule has 1 atom stereocenters. The molecule has 0 bridgehead atoms. The van der Waals surface area contributed by atoms with Crippen LogP contribution in [0.15, 0.2) is 48.0 Å². The van der Waals surface area contributed by atoms with E-state index in [1.807, 2.05) is 6.07 Å². The van der Waals surface area contributed by atoms with Gasteiger partial charge in [0, 0.05) is 31.2 Å². The molecule has 13 heteroatoms. The van der Waals surface area contributed by atoms with Gasteiger partial charge in [0.25, 0.3) is 17.7 Å². The third-order valence-electron chi connectivity index (χ3n) is 6.36. The molecular formula is C26H21Cl2N5O5S. The summed E-state index contributed by atoms with van der Waals surface area (Å²) in [6.07, 6.45) is 2.01. The van der Waals surface area contributed by atoms with E-state index in [0.717, 1.165) is 5.39 Å². The second kappa shape index (κ2) is 11.0. The Hall–Kier alpha value is -3.93. The van der Waals surface area contributed by atoms with Crippen molar-refractivity contribution in [3.8, 4) is 0 Å². The highest BCUT2D eigenvalue weighted by atomic mass is 35.5. The van der Waals surface area contributed by atoms with E-state index in [1.54, 1.807) is 46.8 Å². The Kier molecular flexibility index (Phi) is 7.56. The van der Waals surface area contributed by atoms with Crippen molar-refractivity contribution in [3.05, 3.63) is 85.3 Å². The van der Waals surface area contributed by atoms with Crippen LogP contribution in [0.25, 0.3) is 11.0 Å². The molecule has 3 amide bonds. The summed E-state index contributed by atoms with van der Waals surface area (Å²) < 4.78 is 0. The number of carboxylic acid groups (broad SMARTS) is 1. The van der Waals surface area contributed by atoms with E-state index in [9.17, 15) is 24.3 Å². The van der Waals surface area contributed by atoms with Crippen molar-refractivity contribution in [1.29, 1.82) is 0 Å². The fourth-order valence-electron chi connectivity index (χ4n) is 4.40. The number of carbonyl (C=O) groups is 4. The highest BCUT2D eigenvalue weighted by molar-refractivity contribution is 7.12. The van der Waals surface area contributed by atoms with E-state index < -0.39 is 23.8 Å². The summed E-state index contributed by atoms with van der Waals surface area (Å²) in [4.78, 5) is 59.5. The van der Waals surface area contributed by atoms with E-state index in [4.69, 9.17) is 23.2 Å². The molecule has 0 saturated heterocycles. The Balaban J connectivity index is 1.30. The number of nitrogens with one attached hydrogen (secondary N) is 3. The van der Waals surface area contributed by atoms with Crippen molar-refractivity contribution >= 4 is 69.3 Å². The van der Waals surface area contributed by atoms with Gasteiger partial charge in [-0.15, -0.1) is 11.3 Å². The predicted octanol–water partition coefficient (Wildman–Crippen LogP) is 3.74. The third kappa shape index (κ3) is 5.47. The Morgan fingerprint density at radius 3 is 2.69 bits per heavy atom. The number of aromatic nitrogens is 2. The van der Waals surface area contributed by atoms with Crippen molar-refractivity contribution in [1.82, 2.24) is 25.5 Å². The lowest BCUT2D eigenvalue weighted by molar-refractivity contribution is -0.139. The first-order valence-corrected chi connectivity index (χ1v) is 13.4. The number of thiophene rings is 1. The molecule has 200 valence electrons. The number of hydrogen-bond acceptors (Lipinski definition) is 6. The van der Waals surface area contributed by atoms with Gasteiger partial charge in [-0.3, -0.25) is 14.4 Å². The number of amides is 3. The number of fused-ring (bicyclic) bond motifs is 2. The van der Waals surface area contributed by atoms with Crippen LogP contribution >= 0.6 is 34.5 Å². The van der Waals surface area contributed by atoms with Crippen molar-refractivity contribution in [2.75, 3.05) is 13.1 Å². The molecule has 0 saturated carbocycles. The monoisotopic (exact) mass is 585 g/mol. The SMILES string of the molecule is O=C(NC[C@H](NC(=O)c1c(Cl)cc2c(c1Cl)CCN(C(=O)c1cc3cccnc3[nH]1)C2)C(=O)O)c1cccs1. The van der Waals surface area contributed by atoms with Crippen LogP contribution in [-0.2, 0) is 17.8 Å². The number of carbonyl (C=O) groups excluding carboxylic acids is 3. The van der Waals surface area contributed by atoms with Gasteiger partial charge in [-0.2, -0.15) is 0 Å². The Bertz CT molecular complexity index is 1570. The highest BCUT2D eigenvalue weighted by Crippen LogP contribution is 2.35. The second-order valence-electron chi connectivity index (χ2n) is 8.84. The maximum absolute atomic E-state index is 13.1. The van der Waals surface area contributed by atoms with E-state index in [2.05, 4.69) is 20.6 Å². The molecule has 0 unspecified atom stereocenters. The second-order valence-corrected chi connectivity index (χ2v) is 10.6. The average Bonchev–Trinajstić information content (AvgIpc) is 3.60. The number of aliphatic carboxylic acids is 1. The van der Waals surface area contributed by atoms with E-state index in [0.29, 0.717) is 40.3 Å². The number of hydrogen-bond donors (Lipinski definition) is 4.